The number of hydrogen-bond donors (Lipinski definition) is 1. The van der Waals surface area contributed by atoms with Crippen molar-refractivity contribution in [3.05, 3.63) is 29.8 Å². The Bertz CT molecular complexity index is 339. The van der Waals surface area contributed by atoms with Gasteiger partial charge in [0.25, 0.3) is 0 Å². The molecule has 0 saturated heterocycles. The zero-order chi connectivity index (χ0) is 13.4. The predicted molar refractivity (Wildman–Crippen MR) is 77.1 cm³/mol. The highest BCUT2D eigenvalue weighted by Crippen LogP contribution is 2.19. The summed E-state index contributed by atoms with van der Waals surface area (Å²) in [6.45, 7) is 10.1. The SMILES string of the molecule is CCOc1ccccc1CN(C)CCNC(C)C. The Morgan fingerprint density at radius 1 is 1.28 bits per heavy atom. The first-order valence-electron chi connectivity index (χ1n) is 6.76. The number of hydrogen-bond acceptors (Lipinski definition) is 3. The van der Waals surface area contributed by atoms with Crippen molar-refractivity contribution in [2.45, 2.75) is 33.4 Å². The topological polar surface area (TPSA) is 24.5 Å². The highest BCUT2D eigenvalue weighted by atomic mass is 16.5. The summed E-state index contributed by atoms with van der Waals surface area (Å²) in [4.78, 5) is 2.31. The third kappa shape index (κ3) is 5.52. The highest BCUT2D eigenvalue weighted by molar-refractivity contribution is 5.33. The van der Waals surface area contributed by atoms with Crippen molar-refractivity contribution in [3.8, 4) is 5.75 Å². The van der Waals surface area contributed by atoms with Gasteiger partial charge in [-0.2, -0.15) is 0 Å². The van der Waals surface area contributed by atoms with Gasteiger partial charge in [0, 0.05) is 31.2 Å². The standard InChI is InChI=1S/C15H26N2O/c1-5-18-15-9-7-6-8-14(15)12-17(4)11-10-16-13(2)3/h6-9,13,16H,5,10-12H2,1-4H3. The number of nitrogens with zero attached hydrogens (tertiary/aromatic N) is 1. The number of nitrogens with one attached hydrogen (secondary N) is 1. The molecule has 0 amide bonds. The average Bonchev–Trinajstić information content (AvgIpc) is 2.31. The van der Waals surface area contributed by atoms with Gasteiger partial charge in [-0.25, -0.2) is 0 Å². The van der Waals surface area contributed by atoms with Gasteiger partial charge in [-0.1, -0.05) is 32.0 Å². The van der Waals surface area contributed by atoms with Gasteiger partial charge >= 0.3 is 0 Å². The molecule has 0 bridgehead atoms. The van der Waals surface area contributed by atoms with Crippen molar-refractivity contribution >= 4 is 0 Å². The van der Waals surface area contributed by atoms with Crippen molar-refractivity contribution in [2.75, 3.05) is 26.7 Å². The van der Waals surface area contributed by atoms with Crippen molar-refractivity contribution in [2.24, 2.45) is 0 Å². The van der Waals surface area contributed by atoms with E-state index in [0.717, 1.165) is 32.0 Å². The van der Waals surface area contributed by atoms with Gasteiger partial charge in [0.1, 0.15) is 5.75 Å². The van der Waals surface area contributed by atoms with Gasteiger partial charge in [-0.15, -0.1) is 0 Å². The van der Waals surface area contributed by atoms with Gasteiger partial charge in [0.2, 0.25) is 0 Å². The van der Waals surface area contributed by atoms with E-state index in [4.69, 9.17) is 4.74 Å². The summed E-state index contributed by atoms with van der Waals surface area (Å²) in [7, 11) is 2.14. The summed E-state index contributed by atoms with van der Waals surface area (Å²) in [6, 6.07) is 8.82. The molecular formula is C15H26N2O. The van der Waals surface area contributed by atoms with Gasteiger partial charge in [0.05, 0.1) is 6.61 Å². The van der Waals surface area contributed by atoms with Crippen LogP contribution >= 0.6 is 0 Å². The lowest BCUT2D eigenvalue weighted by atomic mass is 10.2. The number of likely N-dealkylation sites (N-methyl/N-ethyl adjacent to an activating group) is 1. The van der Waals surface area contributed by atoms with Crippen LogP contribution < -0.4 is 10.1 Å². The van der Waals surface area contributed by atoms with E-state index in [2.05, 4.69) is 43.2 Å². The fraction of sp³-hybridized carbons (Fsp3) is 0.600. The van der Waals surface area contributed by atoms with Gasteiger partial charge in [0.15, 0.2) is 0 Å². The molecule has 1 N–H and O–H groups in total. The van der Waals surface area contributed by atoms with E-state index >= 15 is 0 Å². The van der Waals surface area contributed by atoms with Crippen LogP contribution in [-0.4, -0.2) is 37.7 Å². The molecule has 0 aliphatic carbocycles. The van der Waals surface area contributed by atoms with Crippen LogP contribution in [0.1, 0.15) is 26.3 Å². The molecule has 0 aliphatic rings. The first-order valence-corrected chi connectivity index (χ1v) is 6.76. The molecule has 18 heavy (non-hydrogen) atoms. The first kappa shape index (κ1) is 15.0. The van der Waals surface area contributed by atoms with E-state index in [0.29, 0.717) is 6.04 Å². The highest BCUT2D eigenvalue weighted by Gasteiger charge is 2.05. The lowest BCUT2D eigenvalue weighted by Crippen LogP contribution is -2.32. The molecule has 0 spiro atoms. The first-order chi connectivity index (χ1) is 8.63. The van der Waals surface area contributed by atoms with E-state index in [1.165, 1.54) is 5.56 Å². The molecule has 0 heterocycles. The second kappa shape index (κ2) is 8.11. The van der Waals surface area contributed by atoms with Crippen molar-refractivity contribution in [3.63, 3.8) is 0 Å². The molecule has 0 atom stereocenters. The second-order valence-corrected chi connectivity index (χ2v) is 4.89. The maximum Gasteiger partial charge on any atom is 0.123 e. The Balaban J connectivity index is 2.45. The Morgan fingerprint density at radius 2 is 2.00 bits per heavy atom. The Labute approximate surface area is 111 Å². The van der Waals surface area contributed by atoms with E-state index in [1.54, 1.807) is 0 Å². The van der Waals surface area contributed by atoms with Crippen LogP contribution in [-0.2, 0) is 6.54 Å². The number of para-hydroxylation sites is 1. The minimum absolute atomic E-state index is 0.550. The van der Waals surface area contributed by atoms with Gasteiger partial charge in [-0.05, 0) is 20.0 Å². The molecule has 0 radical (unpaired) electrons. The molecule has 3 heteroatoms. The predicted octanol–water partition coefficient (Wildman–Crippen LogP) is 2.52. The minimum Gasteiger partial charge on any atom is -0.494 e. The quantitative estimate of drug-likeness (QED) is 0.767. The normalized spacial score (nSPS) is 11.2. The number of rotatable bonds is 8. The van der Waals surface area contributed by atoms with Crippen LogP contribution in [0.25, 0.3) is 0 Å². The molecule has 0 aromatic heterocycles. The molecule has 0 aliphatic heterocycles. The molecular weight excluding hydrogens is 224 g/mol. The van der Waals surface area contributed by atoms with Crippen LogP contribution in [0.15, 0.2) is 24.3 Å². The molecule has 102 valence electrons. The van der Waals surface area contributed by atoms with E-state index in [-0.39, 0.29) is 0 Å². The van der Waals surface area contributed by atoms with E-state index in [9.17, 15) is 0 Å². The lowest BCUT2D eigenvalue weighted by molar-refractivity contribution is 0.300. The lowest BCUT2D eigenvalue weighted by Gasteiger charge is -2.19. The summed E-state index contributed by atoms with van der Waals surface area (Å²) < 4.78 is 5.64. The molecule has 1 aromatic carbocycles. The summed E-state index contributed by atoms with van der Waals surface area (Å²) in [5, 5.41) is 3.43. The monoisotopic (exact) mass is 250 g/mol. The maximum absolute atomic E-state index is 5.64. The van der Waals surface area contributed by atoms with Gasteiger partial charge in [-0.3, -0.25) is 0 Å². The zero-order valence-corrected chi connectivity index (χ0v) is 12.1. The average molecular weight is 250 g/mol. The molecule has 1 rings (SSSR count). The van der Waals surface area contributed by atoms with E-state index < -0.39 is 0 Å². The van der Waals surface area contributed by atoms with Crippen LogP contribution in [0.3, 0.4) is 0 Å². The molecule has 1 aromatic rings. The Kier molecular flexibility index (Phi) is 6.76. The minimum atomic E-state index is 0.550. The molecule has 0 saturated carbocycles. The van der Waals surface area contributed by atoms with Crippen LogP contribution in [0.5, 0.6) is 5.75 Å². The fourth-order valence-corrected chi connectivity index (χ4v) is 1.84. The van der Waals surface area contributed by atoms with Crippen molar-refractivity contribution in [1.29, 1.82) is 0 Å². The van der Waals surface area contributed by atoms with Crippen LogP contribution in [0.4, 0.5) is 0 Å². The fourth-order valence-electron chi connectivity index (χ4n) is 1.84. The summed E-state index contributed by atoms with van der Waals surface area (Å²) in [5.74, 6) is 1.00. The Morgan fingerprint density at radius 3 is 2.67 bits per heavy atom. The van der Waals surface area contributed by atoms with E-state index in [1.807, 2.05) is 19.1 Å². The van der Waals surface area contributed by atoms with Gasteiger partial charge < -0.3 is 15.0 Å². The summed E-state index contributed by atoms with van der Waals surface area (Å²) in [5.41, 5.74) is 1.26. The molecule has 0 fully saturated rings. The van der Waals surface area contributed by atoms with Crippen molar-refractivity contribution in [1.82, 2.24) is 10.2 Å². The Hall–Kier alpha value is -1.06. The van der Waals surface area contributed by atoms with Crippen molar-refractivity contribution < 1.29 is 4.74 Å². The summed E-state index contributed by atoms with van der Waals surface area (Å²) in [6.07, 6.45) is 0. The largest absolute Gasteiger partial charge is 0.494 e. The third-order valence-electron chi connectivity index (χ3n) is 2.76. The van der Waals surface area contributed by atoms with Crippen LogP contribution in [0.2, 0.25) is 0 Å². The summed E-state index contributed by atoms with van der Waals surface area (Å²) >= 11 is 0. The molecule has 0 unspecified atom stereocenters. The smallest absolute Gasteiger partial charge is 0.123 e. The zero-order valence-electron chi connectivity index (χ0n) is 12.1. The molecule has 3 nitrogen and oxygen atoms in total. The number of ether oxygens (including phenoxy) is 1. The number of benzene rings is 1. The third-order valence-corrected chi connectivity index (χ3v) is 2.76. The second-order valence-electron chi connectivity index (χ2n) is 4.89. The van der Waals surface area contributed by atoms with Crippen LogP contribution in [0, 0.1) is 0 Å². The maximum atomic E-state index is 5.64.